The Balaban J connectivity index is 2.21. The third kappa shape index (κ3) is 2.89. The van der Waals surface area contributed by atoms with Crippen molar-refractivity contribution in [3.63, 3.8) is 0 Å². The minimum Gasteiger partial charge on any atom is -0.380 e. The number of nitrogens with one attached hydrogen (secondary N) is 2. The van der Waals surface area contributed by atoms with Crippen LogP contribution in [-0.2, 0) is 0 Å². The van der Waals surface area contributed by atoms with Crippen molar-refractivity contribution in [3.05, 3.63) is 33.9 Å². The summed E-state index contributed by atoms with van der Waals surface area (Å²) in [5, 5.41) is 16.8. The summed E-state index contributed by atoms with van der Waals surface area (Å²) in [6.45, 7) is 4.43. The van der Waals surface area contributed by atoms with Gasteiger partial charge in [-0.1, -0.05) is 0 Å². The van der Waals surface area contributed by atoms with Gasteiger partial charge in [-0.3, -0.25) is 14.9 Å². The second-order valence-electron chi connectivity index (χ2n) is 5.39. The van der Waals surface area contributed by atoms with E-state index in [1.807, 2.05) is 13.8 Å². The van der Waals surface area contributed by atoms with Crippen LogP contribution in [0.2, 0.25) is 0 Å². The van der Waals surface area contributed by atoms with Gasteiger partial charge >= 0.3 is 0 Å². The molecule has 1 aromatic carbocycles. The van der Waals surface area contributed by atoms with Crippen LogP contribution in [0.4, 0.5) is 11.4 Å². The van der Waals surface area contributed by atoms with Crippen LogP contribution in [0.1, 0.15) is 43.5 Å². The number of nitrogens with zero attached hydrogens (tertiary/aromatic N) is 1. The normalized spacial score (nSPS) is 16.1. The summed E-state index contributed by atoms with van der Waals surface area (Å²) in [6.07, 6.45) is 3.08. The van der Waals surface area contributed by atoms with E-state index in [1.165, 1.54) is 12.1 Å². The smallest absolute Gasteiger partial charge is 0.292 e. The molecule has 6 nitrogen and oxygen atoms in total. The number of hydrogen-bond donors (Lipinski definition) is 2. The molecule has 0 spiro atoms. The fourth-order valence-electron chi connectivity index (χ4n) is 2.35. The average molecular weight is 277 g/mol. The molecule has 0 aliphatic heterocycles. The topological polar surface area (TPSA) is 84.3 Å². The third-order valence-corrected chi connectivity index (χ3v) is 3.70. The number of carbonyl (C=O) groups is 1. The second kappa shape index (κ2) is 5.48. The van der Waals surface area contributed by atoms with Gasteiger partial charge in [-0.25, -0.2) is 0 Å². The SMILES string of the molecule is CCNc1cc(C(=O)NC2(C)CCC2)ccc1[N+](=O)[O-]. The number of benzene rings is 1. The predicted molar refractivity (Wildman–Crippen MR) is 77.0 cm³/mol. The first-order valence-corrected chi connectivity index (χ1v) is 6.80. The number of nitro groups is 1. The highest BCUT2D eigenvalue weighted by Gasteiger charge is 2.33. The van der Waals surface area contributed by atoms with Crippen molar-refractivity contribution in [1.29, 1.82) is 0 Å². The zero-order valence-electron chi connectivity index (χ0n) is 11.7. The molecule has 1 aliphatic carbocycles. The monoisotopic (exact) mass is 277 g/mol. The van der Waals surface area contributed by atoms with Gasteiger partial charge in [0.05, 0.1) is 4.92 Å². The number of anilines is 1. The Labute approximate surface area is 117 Å². The minimum atomic E-state index is -0.451. The van der Waals surface area contributed by atoms with Gasteiger partial charge in [-0.2, -0.15) is 0 Å². The standard InChI is InChI=1S/C14H19N3O3/c1-3-15-11-9-10(5-6-12(11)17(19)20)13(18)16-14(2)7-4-8-14/h5-6,9,15H,3-4,7-8H2,1-2H3,(H,16,18). The Morgan fingerprint density at radius 1 is 1.45 bits per heavy atom. The van der Waals surface area contributed by atoms with Crippen LogP contribution < -0.4 is 10.6 Å². The van der Waals surface area contributed by atoms with Crippen molar-refractivity contribution in [1.82, 2.24) is 5.32 Å². The van der Waals surface area contributed by atoms with Gasteiger partial charge in [0.25, 0.3) is 11.6 Å². The average Bonchev–Trinajstić information content (AvgIpc) is 2.36. The molecule has 0 unspecified atom stereocenters. The molecule has 1 aromatic rings. The molecule has 0 saturated heterocycles. The predicted octanol–water partition coefficient (Wildman–Crippen LogP) is 2.70. The maximum atomic E-state index is 12.2. The van der Waals surface area contributed by atoms with Gasteiger partial charge in [0.15, 0.2) is 0 Å². The van der Waals surface area contributed by atoms with E-state index < -0.39 is 4.92 Å². The molecular formula is C14H19N3O3. The first kappa shape index (κ1) is 14.3. The van der Waals surface area contributed by atoms with Gasteiger partial charge in [-0.05, 0) is 45.2 Å². The van der Waals surface area contributed by atoms with Crippen LogP contribution >= 0.6 is 0 Å². The number of rotatable bonds is 5. The molecule has 20 heavy (non-hydrogen) atoms. The molecule has 0 bridgehead atoms. The fourth-order valence-corrected chi connectivity index (χ4v) is 2.35. The van der Waals surface area contributed by atoms with E-state index in [0.717, 1.165) is 19.3 Å². The quantitative estimate of drug-likeness (QED) is 0.640. The number of carbonyl (C=O) groups excluding carboxylic acids is 1. The summed E-state index contributed by atoms with van der Waals surface area (Å²) in [5.74, 6) is -0.179. The Morgan fingerprint density at radius 3 is 2.65 bits per heavy atom. The van der Waals surface area contributed by atoms with E-state index in [1.54, 1.807) is 6.07 Å². The van der Waals surface area contributed by atoms with E-state index in [0.29, 0.717) is 17.8 Å². The summed E-state index contributed by atoms with van der Waals surface area (Å²) < 4.78 is 0. The van der Waals surface area contributed by atoms with Gasteiger partial charge < -0.3 is 10.6 Å². The molecule has 1 saturated carbocycles. The van der Waals surface area contributed by atoms with Crippen molar-refractivity contribution in [2.24, 2.45) is 0 Å². The molecular weight excluding hydrogens is 258 g/mol. The lowest BCUT2D eigenvalue weighted by atomic mass is 9.78. The molecule has 2 rings (SSSR count). The van der Waals surface area contributed by atoms with Crippen molar-refractivity contribution in [2.75, 3.05) is 11.9 Å². The van der Waals surface area contributed by atoms with Crippen LogP contribution in [0.5, 0.6) is 0 Å². The highest BCUT2D eigenvalue weighted by Crippen LogP contribution is 2.32. The van der Waals surface area contributed by atoms with E-state index in [9.17, 15) is 14.9 Å². The minimum absolute atomic E-state index is 0.0155. The van der Waals surface area contributed by atoms with Crippen molar-refractivity contribution in [2.45, 2.75) is 38.6 Å². The molecule has 1 amide bonds. The van der Waals surface area contributed by atoms with Crippen molar-refractivity contribution in [3.8, 4) is 0 Å². The lowest BCUT2D eigenvalue weighted by molar-refractivity contribution is -0.384. The highest BCUT2D eigenvalue weighted by molar-refractivity contribution is 5.96. The Kier molecular flexibility index (Phi) is 3.92. The lowest BCUT2D eigenvalue weighted by Gasteiger charge is -2.39. The number of hydrogen-bond acceptors (Lipinski definition) is 4. The molecule has 1 fully saturated rings. The molecule has 2 N–H and O–H groups in total. The number of amides is 1. The maximum Gasteiger partial charge on any atom is 0.292 e. The second-order valence-corrected chi connectivity index (χ2v) is 5.39. The van der Waals surface area contributed by atoms with Gasteiger partial charge in [0.2, 0.25) is 0 Å². The van der Waals surface area contributed by atoms with E-state index in [2.05, 4.69) is 10.6 Å². The molecule has 108 valence electrons. The van der Waals surface area contributed by atoms with E-state index >= 15 is 0 Å². The molecule has 0 atom stereocenters. The van der Waals surface area contributed by atoms with Crippen LogP contribution in [0.25, 0.3) is 0 Å². The van der Waals surface area contributed by atoms with Crippen LogP contribution in [0.3, 0.4) is 0 Å². The lowest BCUT2D eigenvalue weighted by Crippen LogP contribution is -2.50. The molecule has 1 aliphatic rings. The maximum absolute atomic E-state index is 12.2. The van der Waals surface area contributed by atoms with Crippen LogP contribution in [0.15, 0.2) is 18.2 Å². The summed E-state index contributed by atoms with van der Waals surface area (Å²) in [7, 11) is 0. The van der Waals surface area contributed by atoms with Gasteiger partial charge in [0, 0.05) is 23.7 Å². The van der Waals surface area contributed by atoms with Crippen LogP contribution in [0, 0.1) is 10.1 Å². The van der Waals surface area contributed by atoms with E-state index in [-0.39, 0.29) is 17.1 Å². The zero-order chi connectivity index (χ0) is 14.8. The summed E-state index contributed by atoms with van der Waals surface area (Å²) in [5.41, 5.74) is 0.679. The Morgan fingerprint density at radius 2 is 2.15 bits per heavy atom. The number of nitro benzene ring substituents is 1. The molecule has 6 heteroatoms. The first-order valence-electron chi connectivity index (χ1n) is 6.80. The van der Waals surface area contributed by atoms with Crippen LogP contribution in [-0.4, -0.2) is 22.9 Å². The molecule has 0 radical (unpaired) electrons. The third-order valence-electron chi connectivity index (χ3n) is 3.70. The van der Waals surface area contributed by atoms with Crippen molar-refractivity contribution < 1.29 is 9.72 Å². The van der Waals surface area contributed by atoms with Gasteiger partial charge in [-0.15, -0.1) is 0 Å². The Hall–Kier alpha value is -2.11. The van der Waals surface area contributed by atoms with Crippen molar-refractivity contribution >= 4 is 17.3 Å². The molecule has 0 heterocycles. The zero-order valence-corrected chi connectivity index (χ0v) is 11.7. The largest absolute Gasteiger partial charge is 0.380 e. The molecule has 0 aromatic heterocycles. The Bertz CT molecular complexity index is 538. The summed E-state index contributed by atoms with van der Waals surface area (Å²) >= 11 is 0. The highest BCUT2D eigenvalue weighted by atomic mass is 16.6. The first-order chi connectivity index (χ1) is 9.45. The summed E-state index contributed by atoms with van der Waals surface area (Å²) in [6, 6.07) is 4.41. The van der Waals surface area contributed by atoms with E-state index in [4.69, 9.17) is 0 Å². The van der Waals surface area contributed by atoms with Gasteiger partial charge in [0.1, 0.15) is 5.69 Å². The summed E-state index contributed by atoms with van der Waals surface area (Å²) in [4.78, 5) is 22.7. The fraction of sp³-hybridized carbons (Fsp3) is 0.500.